The van der Waals surface area contributed by atoms with Crippen molar-refractivity contribution in [3.05, 3.63) is 41.6 Å². The van der Waals surface area contributed by atoms with Crippen molar-refractivity contribution in [2.75, 3.05) is 0 Å². The summed E-state index contributed by atoms with van der Waals surface area (Å²) in [6, 6.07) is 9.56. The predicted molar refractivity (Wildman–Crippen MR) is 74.1 cm³/mol. The predicted octanol–water partition coefficient (Wildman–Crippen LogP) is 1.55. The summed E-state index contributed by atoms with van der Waals surface area (Å²) < 4.78 is 1.58. The van der Waals surface area contributed by atoms with Gasteiger partial charge in [-0.15, -0.1) is 0 Å². The molecule has 102 valence electrons. The number of fused-ring (bicyclic) bond motifs is 1. The number of Topliss-reactive ketones (excluding diaryl/α,β-unsaturated/α-hetero) is 1. The average molecular weight is 269 g/mol. The fraction of sp³-hybridized carbons (Fsp3) is 0.267. The molecule has 1 aliphatic carbocycles. The Labute approximate surface area is 116 Å². The Kier molecular flexibility index (Phi) is 3.10. The van der Waals surface area contributed by atoms with Crippen LogP contribution in [-0.2, 0) is 17.8 Å². The molecule has 3 rings (SSSR count). The third-order valence-electron chi connectivity index (χ3n) is 3.51. The molecule has 0 unspecified atom stereocenters. The van der Waals surface area contributed by atoms with Crippen molar-refractivity contribution in [2.45, 2.75) is 25.8 Å². The second kappa shape index (κ2) is 4.92. The summed E-state index contributed by atoms with van der Waals surface area (Å²) >= 11 is 0. The number of nitrogens with zero attached hydrogens (tertiary/aromatic N) is 2. The van der Waals surface area contributed by atoms with Gasteiger partial charge in [0.25, 0.3) is 0 Å². The van der Waals surface area contributed by atoms with Crippen LogP contribution < -0.4 is 5.73 Å². The van der Waals surface area contributed by atoms with E-state index >= 15 is 0 Å². The molecule has 20 heavy (non-hydrogen) atoms. The molecule has 2 N–H and O–H groups in total. The minimum atomic E-state index is -0.451. The summed E-state index contributed by atoms with van der Waals surface area (Å²) in [5.41, 5.74) is 8.29. The Bertz CT molecular complexity index is 674. The lowest BCUT2D eigenvalue weighted by atomic mass is 9.92. The van der Waals surface area contributed by atoms with Crippen LogP contribution in [-0.4, -0.2) is 21.5 Å². The third-order valence-corrected chi connectivity index (χ3v) is 3.51. The van der Waals surface area contributed by atoms with Gasteiger partial charge in [-0.1, -0.05) is 30.3 Å². The molecule has 2 aromatic rings. The van der Waals surface area contributed by atoms with E-state index in [1.54, 1.807) is 4.68 Å². The Morgan fingerprint density at radius 2 is 2.00 bits per heavy atom. The van der Waals surface area contributed by atoms with Crippen molar-refractivity contribution >= 4 is 11.7 Å². The van der Waals surface area contributed by atoms with Gasteiger partial charge in [0, 0.05) is 12.0 Å². The summed E-state index contributed by atoms with van der Waals surface area (Å²) in [7, 11) is 0. The lowest BCUT2D eigenvalue weighted by molar-refractivity contribution is -0.118. The molecule has 0 atom stereocenters. The number of rotatable bonds is 3. The van der Waals surface area contributed by atoms with Gasteiger partial charge < -0.3 is 5.73 Å². The first-order valence-electron chi connectivity index (χ1n) is 6.63. The van der Waals surface area contributed by atoms with Crippen molar-refractivity contribution in [2.24, 2.45) is 5.73 Å². The van der Waals surface area contributed by atoms with Crippen LogP contribution >= 0.6 is 0 Å². The fourth-order valence-electron chi connectivity index (χ4n) is 2.66. The molecule has 1 aromatic heterocycles. The maximum Gasteiger partial charge on any atom is 0.239 e. The monoisotopic (exact) mass is 269 g/mol. The van der Waals surface area contributed by atoms with Gasteiger partial charge in [0.1, 0.15) is 12.2 Å². The van der Waals surface area contributed by atoms with Crippen LogP contribution in [0.4, 0.5) is 0 Å². The van der Waals surface area contributed by atoms with E-state index in [0.29, 0.717) is 17.7 Å². The first-order chi connectivity index (χ1) is 9.66. The highest BCUT2D eigenvalue weighted by molar-refractivity contribution is 6.03. The number of carbonyl (C=O) groups is 2. The molecule has 0 radical (unpaired) electrons. The number of carbonyl (C=O) groups excluding carboxylic acids is 2. The van der Waals surface area contributed by atoms with Crippen LogP contribution in [0, 0.1) is 0 Å². The SMILES string of the molecule is NC(=O)Cn1nc(-c2ccccc2)c2c1CCCC2=O. The summed E-state index contributed by atoms with van der Waals surface area (Å²) in [5.74, 6) is -0.353. The topological polar surface area (TPSA) is 78.0 Å². The summed E-state index contributed by atoms with van der Waals surface area (Å²) in [6.07, 6.45) is 2.09. The summed E-state index contributed by atoms with van der Waals surface area (Å²) in [6.45, 7) is 0.0163. The molecular formula is C15H15N3O2. The molecule has 0 bridgehead atoms. The second-order valence-electron chi connectivity index (χ2n) is 4.94. The van der Waals surface area contributed by atoms with E-state index in [9.17, 15) is 9.59 Å². The number of benzene rings is 1. The van der Waals surface area contributed by atoms with E-state index in [0.717, 1.165) is 24.1 Å². The van der Waals surface area contributed by atoms with Crippen LogP contribution in [0.2, 0.25) is 0 Å². The van der Waals surface area contributed by atoms with Crippen molar-refractivity contribution in [3.8, 4) is 11.3 Å². The standard InChI is InChI=1S/C15H15N3O2/c16-13(20)9-18-11-7-4-8-12(19)14(11)15(17-18)10-5-2-1-3-6-10/h1-3,5-6H,4,7-9H2,(H2,16,20). The van der Waals surface area contributed by atoms with Gasteiger partial charge in [-0.3, -0.25) is 14.3 Å². The Morgan fingerprint density at radius 3 is 2.70 bits per heavy atom. The molecule has 1 heterocycles. The second-order valence-corrected chi connectivity index (χ2v) is 4.94. The van der Waals surface area contributed by atoms with E-state index in [-0.39, 0.29) is 12.3 Å². The smallest absolute Gasteiger partial charge is 0.239 e. The molecule has 1 aliphatic rings. The van der Waals surface area contributed by atoms with Crippen LogP contribution in [0.15, 0.2) is 30.3 Å². The van der Waals surface area contributed by atoms with Gasteiger partial charge in [0.05, 0.1) is 11.3 Å². The van der Waals surface area contributed by atoms with Gasteiger partial charge >= 0.3 is 0 Å². The van der Waals surface area contributed by atoms with E-state index in [1.165, 1.54) is 0 Å². The highest BCUT2D eigenvalue weighted by Gasteiger charge is 2.27. The summed E-state index contributed by atoms with van der Waals surface area (Å²) in [5, 5.41) is 4.45. The number of nitrogens with two attached hydrogens (primary N) is 1. The normalized spacial score (nSPS) is 14.1. The molecule has 0 spiro atoms. The number of ketones is 1. The minimum Gasteiger partial charge on any atom is -0.368 e. The first-order valence-corrected chi connectivity index (χ1v) is 6.63. The van der Waals surface area contributed by atoms with Gasteiger partial charge in [0.15, 0.2) is 5.78 Å². The fourth-order valence-corrected chi connectivity index (χ4v) is 2.66. The van der Waals surface area contributed by atoms with E-state index in [1.807, 2.05) is 30.3 Å². The van der Waals surface area contributed by atoms with Gasteiger partial charge in [0.2, 0.25) is 5.91 Å². The molecule has 5 heteroatoms. The zero-order chi connectivity index (χ0) is 14.1. The summed E-state index contributed by atoms with van der Waals surface area (Å²) in [4.78, 5) is 23.4. The average Bonchev–Trinajstić information content (AvgIpc) is 2.79. The van der Waals surface area contributed by atoms with Crippen LogP contribution in [0.1, 0.15) is 28.9 Å². The number of amides is 1. The van der Waals surface area contributed by atoms with Gasteiger partial charge in [-0.25, -0.2) is 0 Å². The van der Waals surface area contributed by atoms with Crippen LogP contribution in [0.25, 0.3) is 11.3 Å². The first kappa shape index (κ1) is 12.6. The minimum absolute atomic E-state index is 0.0163. The lowest BCUT2D eigenvalue weighted by Crippen LogP contribution is -2.22. The van der Waals surface area contributed by atoms with Gasteiger partial charge in [-0.05, 0) is 12.8 Å². The van der Waals surface area contributed by atoms with Crippen LogP contribution in [0.5, 0.6) is 0 Å². The Balaban J connectivity index is 2.17. The number of hydrogen-bond acceptors (Lipinski definition) is 3. The molecule has 0 saturated heterocycles. The van der Waals surface area contributed by atoms with E-state index in [4.69, 9.17) is 5.73 Å². The zero-order valence-corrected chi connectivity index (χ0v) is 11.0. The lowest BCUT2D eigenvalue weighted by Gasteiger charge is -2.12. The highest BCUT2D eigenvalue weighted by atomic mass is 16.1. The van der Waals surface area contributed by atoms with Gasteiger partial charge in [-0.2, -0.15) is 5.10 Å². The molecule has 5 nitrogen and oxygen atoms in total. The van der Waals surface area contributed by atoms with Crippen molar-refractivity contribution in [1.29, 1.82) is 0 Å². The quantitative estimate of drug-likeness (QED) is 0.918. The molecular weight excluding hydrogens is 254 g/mol. The van der Waals surface area contributed by atoms with Crippen molar-refractivity contribution < 1.29 is 9.59 Å². The highest BCUT2D eigenvalue weighted by Crippen LogP contribution is 2.31. The molecule has 1 aromatic carbocycles. The van der Waals surface area contributed by atoms with E-state index in [2.05, 4.69) is 5.10 Å². The molecule has 0 fully saturated rings. The van der Waals surface area contributed by atoms with Crippen LogP contribution in [0.3, 0.4) is 0 Å². The molecule has 0 aliphatic heterocycles. The third kappa shape index (κ3) is 2.11. The zero-order valence-electron chi connectivity index (χ0n) is 11.0. The number of primary amides is 1. The molecule has 0 saturated carbocycles. The Hall–Kier alpha value is -2.43. The molecule has 1 amide bonds. The van der Waals surface area contributed by atoms with E-state index < -0.39 is 5.91 Å². The van der Waals surface area contributed by atoms with Crippen molar-refractivity contribution in [3.63, 3.8) is 0 Å². The maximum absolute atomic E-state index is 12.2. The number of hydrogen-bond donors (Lipinski definition) is 1. The Morgan fingerprint density at radius 1 is 1.25 bits per heavy atom. The maximum atomic E-state index is 12.2. The number of aromatic nitrogens is 2. The largest absolute Gasteiger partial charge is 0.368 e. The van der Waals surface area contributed by atoms with Crippen molar-refractivity contribution in [1.82, 2.24) is 9.78 Å².